The molecule has 6 nitrogen and oxygen atoms in total. The Bertz CT molecular complexity index is 710. The van der Waals surface area contributed by atoms with Crippen LogP contribution in [0.3, 0.4) is 0 Å². The normalized spacial score (nSPS) is 20.8. The van der Waals surface area contributed by atoms with Gasteiger partial charge in [-0.05, 0) is 26.3 Å². The fraction of sp³-hybridized carbons (Fsp3) is 0.375. The van der Waals surface area contributed by atoms with Crippen LogP contribution in [0.15, 0.2) is 36.4 Å². The first-order valence-corrected chi connectivity index (χ1v) is 7.27. The Morgan fingerprint density at radius 3 is 2.20 bits per heavy atom. The lowest BCUT2D eigenvalue weighted by molar-refractivity contribution is -0.288. The molecule has 1 amide bonds. The summed E-state index contributed by atoms with van der Waals surface area (Å²) in [6, 6.07) is 7.76. The van der Waals surface area contributed by atoms with E-state index >= 15 is 0 Å². The van der Waals surface area contributed by atoms with Gasteiger partial charge in [-0.25, -0.2) is 9.80 Å². The van der Waals surface area contributed by atoms with Gasteiger partial charge in [0.15, 0.2) is 0 Å². The highest BCUT2D eigenvalue weighted by molar-refractivity contribution is 6.32. The molecule has 1 aliphatic rings. The molecule has 0 spiro atoms. The first-order valence-electron chi connectivity index (χ1n) is 7.27. The Labute approximate surface area is 141 Å². The third kappa shape index (κ3) is 3.76. The summed E-state index contributed by atoms with van der Waals surface area (Å²) in [6.07, 6.45) is -4.81. The number of hydrazine groups is 1. The molecule has 136 valence electrons. The lowest BCUT2D eigenvalue weighted by atomic mass is 10.1. The average Bonchev–Trinajstić information content (AvgIpc) is 2.84. The van der Waals surface area contributed by atoms with E-state index in [1.165, 1.54) is 32.9 Å². The first kappa shape index (κ1) is 18.8. The second-order valence-corrected chi connectivity index (χ2v) is 6.40. The molecule has 9 heteroatoms. The number of hydrogen-bond acceptors (Lipinski definition) is 5. The van der Waals surface area contributed by atoms with E-state index in [1.54, 1.807) is 18.2 Å². The molecule has 0 aliphatic carbocycles. The van der Waals surface area contributed by atoms with E-state index in [9.17, 15) is 27.9 Å². The Morgan fingerprint density at radius 2 is 1.72 bits per heavy atom. The minimum absolute atomic E-state index is 0.169. The quantitative estimate of drug-likeness (QED) is 0.593. The van der Waals surface area contributed by atoms with Gasteiger partial charge in [-0.3, -0.25) is 10.2 Å². The summed E-state index contributed by atoms with van der Waals surface area (Å²) in [5.74, 6) is -3.19. The molecule has 0 unspecified atom stereocenters. The van der Waals surface area contributed by atoms with Crippen molar-refractivity contribution in [1.82, 2.24) is 10.4 Å². The van der Waals surface area contributed by atoms with Gasteiger partial charge in [0.25, 0.3) is 5.72 Å². The van der Waals surface area contributed by atoms with Crippen molar-refractivity contribution in [3.8, 4) is 0 Å². The molecule has 0 saturated carbocycles. The van der Waals surface area contributed by atoms with Crippen molar-refractivity contribution in [3.05, 3.63) is 42.0 Å². The number of rotatable bonds is 1. The lowest BCUT2D eigenvalue weighted by Crippen LogP contribution is -2.62. The van der Waals surface area contributed by atoms with Gasteiger partial charge in [0.2, 0.25) is 0 Å². The molecule has 0 aromatic heterocycles. The zero-order valence-electron chi connectivity index (χ0n) is 13.7. The van der Waals surface area contributed by atoms with Crippen LogP contribution in [0, 0.1) is 0 Å². The van der Waals surface area contributed by atoms with Crippen molar-refractivity contribution >= 4 is 17.6 Å². The molecular formula is C16H17F3N2O4. The van der Waals surface area contributed by atoms with E-state index in [-0.39, 0.29) is 10.7 Å². The van der Waals surface area contributed by atoms with Crippen molar-refractivity contribution in [1.29, 1.82) is 0 Å². The second-order valence-electron chi connectivity index (χ2n) is 6.40. The molecule has 0 radical (unpaired) electrons. The molecule has 25 heavy (non-hydrogen) atoms. The van der Waals surface area contributed by atoms with Gasteiger partial charge < -0.3 is 9.84 Å². The van der Waals surface area contributed by atoms with Crippen LogP contribution < -0.4 is 5.43 Å². The van der Waals surface area contributed by atoms with Crippen LogP contribution in [-0.2, 0) is 14.3 Å². The first-order chi connectivity index (χ1) is 11.3. The van der Waals surface area contributed by atoms with Crippen LogP contribution >= 0.6 is 0 Å². The van der Waals surface area contributed by atoms with Gasteiger partial charge in [0.1, 0.15) is 5.60 Å². The number of carbonyl (C=O) groups excluding carboxylic acids is 2. The standard InChI is InChI=1S/C16H17F3N2O4/c1-14(2,3)25-13(23)12(22)21-15(24,16(17,18)19)9-11(20-21)10-7-5-4-6-8-10/h4-9,20,24H,1-3H3/t15-/m1/s1. The Kier molecular flexibility index (Phi) is 4.56. The van der Waals surface area contributed by atoms with E-state index in [1.807, 2.05) is 0 Å². The number of carbonyl (C=O) groups is 2. The van der Waals surface area contributed by atoms with E-state index in [2.05, 4.69) is 5.43 Å². The zero-order chi connectivity index (χ0) is 19.0. The maximum absolute atomic E-state index is 13.4. The summed E-state index contributed by atoms with van der Waals surface area (Å²) in [5, 5.41) is 9.89. The highest BCUT2D eigenvalue weighted by Gasteiger charge is 2.62. The second kappa shape index (κ2) is 6.07. The minimum atomic E-state index is -5.24. The molecule has 0 bridgehead atoms. The number of nitrogens with zero attached hydrogens (tertiary/aromatic N) is 1. The summed E-state index contributed by atoms with van der Waals surface area (Å²) in [7, 11) is 0. The van der Waals surface area contributed by atoms with E-state index in [0.29, 0.717) is 11.6 Å². The number of aliphatic hydroxyl groups is 1. The van der Waals surface area contributed by atoms with Crippen molar-refractivity contribution in [2.75, 3.05) is 0 Å². The fourth-order valence-corrected chi connectivity index (χ4v) is 2.10. The van der Waals surface area contributed by atoms with Gasteiger partial charge in [-0.1, -0.05) is 30.3 Å². The lowest BCUT2D eigenvalue weighted by Gasteiger charge is -2.33. The summed E-state index contributed by atoms with van der Waals surface area (Å²) in [5.41, 5.74) is -2.50. The molecule has 1 atom stereocenters. The van der Waals surface area contributed by atoms with Crippen molar-refractivity contribution < 1.29 is 32.6 Å². The summed E-state index contributed by atoms with van der Waals surface area (Å²) in [4.78, 5) is 24.0. The Hall–Kier alpha value is -2.55. The molecule has 0 saturated heterocycles. The topological polar surface area (TPSA) is 78.9 Å². The molecule has 1 aromatic carbocycles. The van der Waals surface area contributed by atoms with Crippen LogP contribution in [0.25, 0.3) is 5.70 Å². The van der Waals surface area contributed by atoms with E-state index < -0.39 is 29.4 Å². The van der Waals surface area contributed by atoms with Crippen molar-refractivity contribution in [3.63, 3.8) is 0 Å². The number of amides is 1. The van der Waals surface area contributed by atoms with Crippen molar-refractivity contribution in [2.45, 2.75) is 38.3 Å². The van der Waals surface area contributed by atoms with E-state index in [4.69, 9.17) is 4.74 Å². The third-order valence-corrected chi connectivity index (χ3v) is 3.20. The zero-order valence-corrected chi connectivity index (χ0v) is 13.7. The summed E-state index contributed by atoms with van der Waals surface area (Å²) >= 11 is 0. The van der Waals surface area contributed by atoms with Gasteiger partial charge in [0.05, 0.1) is 5.70 Å². The van der Waals surface area contributed by atoms with Gasteiger partial charge in [-0.15, -0.1) is 0 Å². The Balaban J connectivity index is 2.38. The molecule has 1 aromatic rings. The third-order valence-electron chi connectivity index (χ3n) is 3.20. The Morgan fingerprint density at radius 1 is 1.16 bits per heavy atom. The van der Waals surface area contributed by atoms with E-state index in [0.717, 1.165) is 0 Å². The summed E-state index contributed by atoms with van der Waals surface area (Å²) in [6.45, 7) is 4.37. The smallest absolute Gasteiger partial charge is 0.442 e. The van der Waals surface area contributed by atoms with Crippen molar-refractivity contribution in [2.24, 2.45) is 0 Å². The molecular weight excluding hydrogens is 341 g/mol. The summed E-state index contributed by atoms with van der Waals surface area (Å²) < 4.78 is 44.9. The molecule has 2 rings (SSSR count). The van der Waals surface area contributed by atoms with Gasteiger partial charge in [-0.2, -0.15) is 13.2 Å². The minimum Gasteiger partial charge on any atom is -0.453 e. The predicted molar refractivity (Wildman–Crippen MR) is 81.3 cm³/mol. The molecule has 0 fully saturated rings. The predicted octanol–water partition coefficient (Wildman–Crippen LogP) is 1.97. The maximum Gasteiger partial charge on any atom is 0.442 e. The fourth-order valence-electron chi connectivity index (χ4n) is 2.10. The highest BCUT2D eigenvalue weighted by Crippen LogP contribution is 2.39. The van der Waals surface area contributed by atoms with Crippen LogP contribution in [0.2, 0.25) is 0 Å². The van der Waals surface area contributed by atoms with Gasteiger partial charge >= 0.3 is 18.1 Å². The van der Waals surface area contributed by atoms with Crippen LogP contribution in [-0.4, -0.2) is 39.5 Å². The van der Waals surface area contributed by atoms with Crippen LogP contribution in [0.5, 0.6) is 0 Å². The maximum atomic E-state index is 13.4. The van der Waals surface area contributed by atoms with Crippen LogP contribution in [0.4, 0.5) is 13.2 Å². The highest BCUT2D eigenvalue weighted by atomic mass is 19.4. The number of halogens is 3. The largest absolute Gasteiger partial charge is 0.453 e. The number of ether oxygens (including phenoxy) is 1. The number of hydrogen-bond donors (Lipinski definition) is 2. The average molecular weight is 358 g/mol. The monoisotopic (exact) mass is 358 g/mol. The molecule has 2 N–H and O–H groups in total. The molecule has 1 aliphatic heterocycles. The van der Waals surface area contributed by atoms with Gasteiger partial charge in [0, 0.05) is 6.08 Å². The molecule has 1 heterocycles. The number of benzene rings is 1. The number of alkyl halides is 3. The SMILES string of the molecule is CC(C)(C)OC(=O)C(=O)N1NC(c2ccccc2)=C[C@@]1(O)C(F)(F)F. The number of esters is 1. The number of nitrogens with one attached hydrogen (secondary N) is 1. The van der Waals surface area contributed by atoms with Crippen LogP contribution in [0.1, 0.15) is 26.3 Å².